The van der Waals surface area contributed by atoms with Crippen LogP contribution in [0.3, 0.4) is 0 Å². The molecule has 0 saturated heterocycles. The van der Waals surface area contributed by atoms with Gasteiger partial charge in [0, 0.05) is 21.1 Å². The predicted molar refractivity (Wildman–Crippen MR) is 117 cm³/mol. The molecule has 4 rings (SSSR count). The van der Waals surface area contributed by atoms with E-state index in [1.807, 2.05) is 37.3 Å². The van der Waals surface area contributed by atoms with E-state index in [-0.39, 0.29) is 11.5 Å². The number of amides is 1. The van der Waals surface area contributed by atoms with Gasteiger partial charge in [-0.15, -0.1) is 0 Å². The minimum absolute atomic E-state index is 0.219. The molecule has 144 valence electrons. The summed E-state index contributed by atoms with van der Waals surface area (Å²) in [5.41, 5.74) is 3.34. The highest BCUT2D eigenvalue weighted by Gasteiger charge is 2.13. The highest BCUT2D eigenvalue weighted by molar-refractivity contribution is 6.31. The Morgan fingerprint density at radius 1 is 0.966 bits per heavy atom. The standard InChI is InChI=1S/C23H16Cl2N2O2/c1-14-12-18(10-11-20(14)25)27-23-19(13-15-4-2-3-5-21(15)29-23)22(28)26-17-8-6-16(24)7-9-17/h2-13H,1H3,(H,26,28). The normalized spacial score (nSPS) is 11.6. The van der Waals surface area contributed by atoms with Crippen LogP contribution in [0.1, 0.15) is 15.9 Å². The van der Waals surface area contributed by atoms with Gasteiger partial charge in [-0.2, -0.15) is 0 Å². The van der Waals surface area contributed by atoms with Crippen molar-refractivity contribution < 1.29 is 9.21 Å². The van der Waals surface area contributed by atoms with E-state index in [1.54, 1.807) is 42.5 Å². The third kappa shape index (κ3) is 4.34. The first-order chi connectivity index (χ1) is 14.0. The maximum absolute atomic E-state index is 13.0. The number of hydrogen-bond donors (Lipinski definition) is 1. The van der Waals surface area contributed by atoms with Gasteiger partial charge < -0.3 is 9.73 Å². The lowest BCUT2D eigenvalue weighted by Gasteiger charge is -2.07. The summed E-state index contributed by atoms with van der Waals surface area (Å²) >= 11 is 12.0. The summed E-state index contributed by atoms with van der Waals surface area (Å²) in [4.78, 5) is 17.6. The van der Waals surface area contributed by atoms with Crippen molar-refractivity contribution in [1.29, 1.82) is 0 Å². The second-order valence-corrected chi connectivity index (χ2v) is 7.35. The lowest BCUT2D eigenvalue weighted by atomic mass is 10.1. The maximum Gasteiger partial charge on any atom is 0.261 e. The zero-order chi connectivity index (χ0) is 20.4. The fraction of sp³-hybridized carbons (Fsp3) is 0.0435. The Kier molecular flexibility index (Phi) is 5.38. The molecule has 4 aromatic rings. The molecule has 6 heteroatoms. The summed E-state index contributed by atoms with van der Waals surface area (Å²) in [5, 5.41) is 4.91. The summed E-state index contributed by atoms with van der Waals surface area (Å²) < 4.78 is 5.96. The van der Waals surface area contributed by atoms with E-state index in [0.29, 0.717) is 32.6 Å². The van der Waals surface area contributed by atoms with Crippen molar-refractivity contribution in [2.45, 2.75) is 6.92 Å². The molecular weight excluding hydrogens is 407 g/mol. The van der Waals surface area contributed by atoms with Gasteiger partial charge in [-0.25, -0.2) is 4.99 Å². The average Bonchev–Trinajstić information content (AvgIpc) is 2.72. The summed E-state index contributed by atoms with van der Waals surface area (Å²) in [6, 6.07) is 21.5. The number of carbonyl (C=O) groups is 1. The Bertz CT molecular complexity index is 1280. The SMILES string of the molecule is Cc1cc(N=c2oc3ccccc3cc2C(=O)Nc2ccc(Cl)cc2)ccc1Cl. The zero-order valence-electron chi connectivity index (χ0n) is 15.4. The van der Waals surface area contributed by atoms with Crippen LogP contribution < -0.4 is 10.9 Å². The summed E-state index contributed by atoms with van der Waals surface area (Å²) in [6.07, 6.45) is 0. The van der Waals surface area contributed by atoms with Crippen molar-refractivity contribution in [1.82, 2.24) is 0 Å². The Morgan fingerprint density at radius 2 is 1.72 bits per heavy atom. The van der Waals surface area contributed by atoms with Crippen LogP contribution in [0.4, 0.5) is 11.4 Å². The van der Waals surface area contributed by atoms with Crippen LogP contribution in [-0.2, 0) is 0 Å². The third-order valence-corrected chi connectivity index (χ3v) is 5.05. The topological polar surface area (TPSA) is 54.6 Å². The Balaban J connectivity index is 1.83. The van der Waals surface area contributed by atoms with E-state index in [4.69, 9.17) is 27.6 Å². The van der Waals surface area contributed by atoms with E-state index >= 15 is 0 Å². The van der Waals surface area contributed by atoms with Gasteiger partial charge in [-0.3, -0.25) is 4.79 Å². The number of anilines is 1. The van der Waals surface area contributed by atoms with Crippen molar-refractivity contribution in [3.05, 3.63) is 99.5 Å². The van der Waals surface area contributed by atoms with Crippen LogP contribution in [0.15, 0.2) is 82.2 Å². The number of para-hydroxylation sites is 1. The molecule has 0 spiro atoms. The fourth-order valence-electron chi connectivity index (χ4n) is 2.86. The van der Waals surface area contributed by atoms with E-state index < -0.39 is 0 Å². The number of benzene rings is 3. The van der Waals surface area contributed by atoms with Gasteiger partial charge in [-0.1, -0.05) is 41.4 Å². The lowest BCUT2D eigenvalue weighted by Crippen LogP contribution is -2.21. The Labute approximate surface area is 177 Å². The molecule has 1 amide bonds. The lowest BCUT2D eigenvalue weighted by molar-refractivity contribution is 0.102. The maximum atomic E-state index is 13.0. The first-order valence-corrected chi connectivity index (χ1v) is 9.66. The summed E-state index contributed by atoms with van der Waals surface area (Å²) in [7, 11) is 0. The smallest absolute Gasteiger partial charge is 0.261 e. The van der Waals surface area contributed by atoms with E-state index in [1.165, 1.54) is 0 Å². The van der Waals surface area contributed by atoms with Gasteiger partial charge in [0.1, 0.15) is 11.1 Å². The molecule has 0 unspecified atom stereocenters. The van der Waals surface area contributed by atoms with Crippen LogP contribution >= 0.6 is 23.2 Å². The average molecular weight is 423 g/mol. The molecule has 1 aromatic heterocycles. The first-order valence-electron chi connectivity index (χ1n) is 8.90. The van der Waals surface area contributed by atoms with Crippen LogP contribution in [0.2, 0.25) is 10.0 Å². The number of rotatable bonds is 3. The van der Waals surface area contributed by atoms with Crippen LogP contribution in [-0.4, -0.2) is 5.91 Å². The summed E-state index contributed by atoms with van der Waals surface area (Å²) in [5.74, 6) is -0.328. The highest BCUT2D eigenvalue weighted by Crippen LogP contribution is 2.22. The molecule has 4 nitrogen and oxygen atoms in total. The molecular formula is C23H16Cl2N2O2. The molecule has 0 aliphatic carbocycles. The minimum atomic E-state index is -0.328. The fourth-order valence-corrected chi connectivity index (χ4v) is 3.11. The molecule has 0 aliphatic rings. The summed E-state index contributed by atoms with van der Waals surface area (Å²) in [6.45, 7) is 1.90. The molecule has 0 radical (unpaired) electrons. The van der Waals surface area contributed by atoms with Crippen molar-refractivity contribution in [2.24, 2.45) is 4.99 Å². The van der Waals surface area contributed by atoms with Crippen molar-refractivity contribution in [3.8, 4) is 0 Å². The molecule has 1 heterocycles. The molecule has 0 aliphatic heterocycles. The van der Waals surface area contributed by atoms with Crippen molar-refractivity contribution in [2.75, 3.05) is 5.32 Å². The molecule has 0 saturated carbocycles. The largest absolute Gasteiger partial charge is 0.438 e. The second kappa shape index (κ2) is 8.11. The van der Waals surface area contributed by atoms with Gasteiger partial charge >= 0.3 is 0 Å². The third-order valence-electron chi connectivity index (χ3n) is 4.37. The van der Waals surface area contributed by atoms with Crippen molar-refractivity contribution >= 4 is 51.5 Å². The zero-order valence-corrected chi connectivity index (χ0v) is 17.0. The minimum Gasteiger partial charge on any atom is -0.438 e. The van der Waals surface area contributed by atoms with Crippen molar-refractivity contribution in [3.63, 3.8) is 0 Å². The van der Waals surface area contributed by atoms with Crippen LogP contribution in [0, 0.1) is 6.92 Å². The molecule has 0 bridgehead atoms. The van der Waals surface area contributed by atoms with Gasteiger partial charge in [0.2, 0.25) is 5.55 Å². The van der Waals surface area contributed by atoms with E-state index in [0.717, 1.165) is 10.9 Å². The number of nitrogens with zero attached hydrogens (tertiary/aromatic N) is 1. The number of fused-ring (bicyclic) bond motifs is 1. The molecule has 29 heavy (non-hydrogen) atoms. The highest BCUT2D eigenvalue weighted by atomic mass is 35.5. The molecule has 0 atom stereocenters. The number of aryl methyl sites for hydroxylation is 1. The quantitative estimate of drug-likeness (QED) is 0.407. The van der Waals surface area contributed by atoms with Gasteiger partial charge in [0.25, 0.3) is 5.91 Å². The number of carbonyl (C=O) groups excluding carboxylic acids is 1. The predicted octanol–water partition coefficient (Wildman–Crippen LogP) is 6.53. The number of nitrogens with one attached hydrogen (secondary N) is 1. The van der Waals surface area contributed by atoms with Gasteiger partial charge in [0.15, 0.2) is 0 Å². The first kappa shape index (κ1) is 19.2. The number of halogens is 2. The monoisotopic (exact) mass is 422 g/mol. The number of hydrogen-bond acceptors (Lipinski definition) is 3. The van der Waals surface area contributed by atoms with E-state index in [2.05, 4.69) is 10.3 Å². The van der Waals surface area contributed by atoms with Crippen LogP contribution in [0.5, 0.6) is 0 Å². The Hall–Kier alpha value is -3.08. The van der Waals surface area contributed by atoms with E-state index in [9.17, 15) is 4.79 Å². The Morgan fingerprint density at radius 3 is 2.48 bits per heavy atom. The molecule has 3 aromatic carbocycles. The molecule has 0 fully saturated rings. The van der Waals surface area contributed by atoms with Gasteiger partial charge in [-0.05, 0) is 67.1 Å². The second-order valence-electron chi connectivity index (χ2n) is 6.51. The van der Waals surface area contributed by atoms with Crippen LogP contribution in [0.25, 0.3) is 11.0 Å². The van der Waals surface area contributed by atoms with Gasteiger partial charge in [0.05, 0.1) is 5.69 Å². The molecule has 1 N–H and O–H groups in total.